The number of carbonyl (C=O) groups is 1. The fourth-order valence-electron chi connectivity index (χ4n) is 4.16. The number of rotatable bonds is 2. The predicted molar refractivity (Wildman–Crippen MR) is 93.6 cm³/mol. The van der Waals surface area contributed by atoms with Crippen LogP contribution >= 0.6 is 11.3 Å². The number of hydrogen-bond donors (Lipinski definition) is 0. The van der Waals surface area contributed by atoms with E-state index in [0.717, 1.165) is 34.9 Å². The Hall–Kier alpha value is -1.68. The third-order valence-corrected chi connectivity index (χ3v) is 6.29. The standard InChI is InChI=1S/C19H22N2OS/c22-19(21-11-3-5-14-4-1-2-6-17(14)21)16-12-18(23-13-16)15-7-9-20-10-8-15/h7-10,12-14,17H,1-6,11H2. The van der Waals surface area contributed by atoms with Gasteiger partial charge in [-0.3, -0.25) is 9.78 Å². The minimum atomic E-state index is 0.234. The van der Waals surface area contributed by atoms with E-state index in [9.17, 15) is 4.79 Å². The van der Waals surface area contributed by atoms with Crippen molar-refractivity contribution >= 4 is 17.2 Å². The highest BCUT2D eigenvalue weighted by molar-refractivity contribution is 7.13. The molecule has 1 saturated heterocycles. The quantitative estimate of drug-likeness (QED) is 0.808. The Morgan fingerprint density at radius 1 is 1.13 bits per heavy atom. The van der Waals surface area contributed by atoms with Crippen LogP contribution in [0.3, 0.4) is 0 Å². The van der Waals surface area contributed by atoms with Gasteiger partial charge in [0.15, 0.2) is 0 Å². The Morgan fingerprint density at radius 2 is 1.91 bits per heavy atom. The topological polar surface area (TPSA) is 33.2 Å². The van der Waals surface area contributed by atoms with E-state index in [2.05, 4.69) is 16.0 Å². The first-order chi connectivity index (χ1) is 11.3. The van der Waals surface area contributed by atoms with Gasteiger partial charge in [0.25, 0.3) is 5.91 Å². The highest BCUT2D eigenvalue weighted by Crippen LogP contribution is 2.36. The lowest BCUT2D eigenvalue weighted by atomic mass is 9.78. The van der Waals surface area contributed by atoms with Crippen LogP contribution in [-0.4, -0.2) is 28.4 Å². The molecule has 1 aliphatic heterocycles. The third kappa shape index (κ3) is 2.92. The zero-order valence-electron chi connectivity index (χ0n) is 13.3. The molecular weight excluding hydrogens is 304 g/mol. The molecule has 0 spiro atoms. The molecule has 23 heavy (non-hydrogen) atoms. The van der Waals surface area contributed by atoms with Gasteiger partial charge in [-0.25, -0.2) is 0 Å². The summed E-state index contributed by atoms with van der Waals surface area (Å²) in [6.45, 7) is 0.931. The Kier molecular flexibility index (Phi) is 4.17. The van der Waals surface area contributed by atoms with Crippen molar-refractivity contribution in [2.45, 2.75) is 44.6 Å². The number of fused-ring (bicyclic) bond motifs is 1. The van der Waals surface area contributed by atoms with Gasteiger partial charge in [-0.15, -0.1) is 11.3 Å². The first-order valence-electron chi connectivity index (χ1n) is 8.63. The molecule has 1 saturated carbocycles. The van der Waals surface area contributed by atoms with Gasteiger partial charge in [-0.05, 0) is 55.4 Å². The molecule has 2 aromatic heterocycles. The maximum absolute atomic E-state index is 13.0. The van der Waals surface area contributed by atoms with E-state index in [4.69, 9.17) is 0 Å². The second kappa shape index (κ2) is 6.44. The van der Waals surface area contributed by atoms with Gasteiger partial charge in [-0.2, -0.15) is 0 Å². The van der Waals surface area contributed by atoms with Gasteiger partial charge in [0.05, 0.1) is 5.56 Å². The van der Waals surface area contributed by atoms with Crippen molar-refractivity contribution < 1.29 is 4.79 Å². The van der Waals surface area contributed by atoms with Crippen molar-refractivity contribution in [1.29, 1.82) is 0 Å². The Balaban J connectivity index is 1.56. The molecule has 0 N–H and O–H groups in total. The number of nitrogens with zero attached hydrogens (tertiary/aromatic N) is 2. The van der Waals surface area contributed by atoms with Crippen LogP contribution in [0.25, 0.3) is 10.4 Å². The monoisotopic (exact) mass is 326 g/mol. The van der Waals surface area contributed by atoms with Crippen molar-refractivity contribution in [2.75, 3.05) is 6.54 Å². The van der Waals surface area contributed by atoms with E-state index in [1.807, 2.05) is 17.5 Å². The van der Waals surface area contributed by atoms with Crippen molar-refractivity contribution in [3.63, 3.8) is 0 Å². The molecule has 4 heteroatoms. The van der Waals surface area contributed by atoms with Crippen molar-refractivity contribution in [1.82, 2.24) is 9.88 Å². The van der Waals surface area contributed by atoms with Gasteiger partial charge in [0, 0.05) is 35.2 Å². The third-order valence-electron chi connectivity index (χ3n) is 5.32. The fourth-order valence-corrected chi connectivity index (χ4v) is 5.05. The second-order valence-electron chi connectivity index (χ2n) is 6.69. The first-order valence-corrected chi connectivity index (χ1v) is 9.51. The van der Waals surface area contributed by atoms with Gasteiger partial charge < -0.3 is 4.90 Å². The van der Waals surface area contributed by atoms with Crippen molar-refractivity contribution in [2.24, 2.45) is 5.92 Å². The SMILES string of the molecule is O=C(c1csc(-c2ccncc2)c1)N1CCCC2CCCCC21. The van der Waals surface area contributed by atoms with Crippen LogP contribution in [0.4, 0.5) is 0 Å². The summed E-state index contributed by atoms with van der Waals surface area (Å²) in [7, 11) is 0. The summed E-state index contributed by atoms with van der Waals surface area (Å²) in [5, 5.41) is 2.02. The minimum absolute atomic E-state index is 0.234. The summed E-state index contributed by atoms with van der Waals surface area (Å²) in [5.74, 6) is 0.970. The summed E-state index contributed by atoms with van der Waals surface area (Å²) < 4.78 is 0. The highest BCUT2D eigenvalue weighted by Gasteiger charge is 2.36. The maximum atomic E-state index is 13.0. The molecule has 3 nitrogen and oxygen atoms in total. The summed E-state index contributed by atoms with van der Waals surface area (Å²) in [6, 6.07) is 6.53. The van der Waals surface area contributed by atoms with Gasteiger partial charge in [0.2, 0.25) is 0 Å². The molecule has 120 valence electrons. The molecule has 0 radical (unpaired) electrons. The summed E-state index contributed by atoms with van der Waals surface area (Å²) in [4.78, 5) is 20.4. The average Bonchev–Trinajstić information content (AvgIpc) is 3.11. The Morgan fingerprint density at radius 3 is 2.78 bits per heavy atom. The molecule has 4 rings (SSSR count). The predicted octanol–water partition coefficient (Wildman–Crippen LogP) is 4.60. The molecule has 2 fully saturated rings. The highest BCUT2D eigenvalue weighted by atomic mass is 32.1. The van der Waals surface area contributed by atoms with Crippen LogP contribution in [-0.2, 0) is 0 Å². The van der Waals surface area contributed by atoms with Crippen LogP contribution < -0.4 is 0 Å². The van der Waals surface area contributed by atoms with E-state index >= 15 is 0 Å². The molecule has 2 aliphatic rings. The smallest absolute Gasteiger partial charge is 0.254 e. The number of pyridine rings is 1. The van der Waals surface area contributed by atoms with Crippen molar-refractivity contribution in [3.8, 4) is 10.4 Å². The van der Waals surface area contributed by atoms with E-state index < -0.39 is 0 Å². The van der Waals surface area contributed by atoms with Gasteiger partial charge >= 0.3 is 0 Å². The molecule has 1 aliphatic carbocycles. The number of thiophene rings is 1. The minimum Gasteiger partial charge on any atom is -0.335 e. The molecule has 2 atom stereocenters. The lowest BCUT2D eigenvalue weighted by Crippen LogP contribution is -2.49. The molecule has 2 unspecified atom stereocenters. The summed E-state index contributed by atoms with van der Waals surface area (Å²) in [6.07, 6.45) is 11.2. The summed E-state index contributed by atoms with van der Waals surface area (Å²) >= 11 is 1.65. The van der Waals surface area contributed by atoms with E-state index in [-0.39, 0.29) is 5.91 Å². The van der Waals surface area contributed by atoms with Crippen LogP contribution in [0.1, 0.15) is 48.9 Å². The summed E-state index contributed by atoms with van der Waals surface area (Å²) in [5.41, 5.74) is 1.99. The molecular formula is C19H22N2OS. The molecule has 0 aromatic carbocycles. The zero-order valence-corrected chi connectivity index (χ0v) is 14.1. The zero-order chi connectivity index (χ0) is 15.6. The van der Waals surface area contributed by atoms with Gasteiger partial charge in [-0.1, -0.05) is 12.8 Å². The Labute approximate surface area is 141 Å². The lowest BCUT2D eigenvalue weighted by Gasteiger charge is -2.44. The number of aromatic nitrogens is 1. The van der Waals surface area contributed by atoms with Crippen LogP contribution in [0.15, 0.2) is 36.0 Å². The largest absolute Gasteiger partial charge is 0.335 e. The van der Waals surface area contributed by atoms with E-state index in [1.165, 1.54) is 32.1 Å². The number of carbonyl (C=O) groups excluding carboxylic acids is 1. The molecule has 0 bridgehead atoms. The van der Waals surface area contributed by atoms with Crippen LogP contribution in [0, 0.1) is 5.92 Å². The number of amides is 1. The number of likely N-dealkylation sites (tertiary alicyclic amines) is 1. The molecule has 2 aromatic rings. The average molecular weight is 326 g/mol. The lowest BCUT2D eigenvalue weighted by molar-refractivity contribution is 0.0391. The second-order valence-corrected chi connectivity index (χ2v) is 7.60. The maximum Gasteiger partial charge on any atom is 0.254 e. The van der Waals surface area contributed by atoms with Gasteiger partial charge in [0.1, 0.15) is 0 Å². The van der Waals surface area contributed by atoms with E-state index in [1.54, 1.807) is 23.7 Å². The van der Waals surface area contributed by atoms with Crippen LogP contribution in [0.2, 0.25) is 0 Å². The number of piperidine rings is 1. The van der Waals surface area contributed by atoms with Crippen LogP contribution in [0.5, 0.6) is 0 Å². The van der Waals surface area contributed by atoms with Crippen molar-refractivity contribution in [3.05, 3.63) is 41.5 Å². The van der Waals surface area contributed by atoms with E-state index in [0.29, 0.717) is 6.04 Å². The fraction of sp³-hybridized carbons (Fsp3) is 0.474. The Bertz CT molecular complexity index is 680. The normalized spacial score (nSPS) is 24.3. The first kappa shape index (κ1) is 14.9. The number of hydrogen-bond acceptors (Lipinski definition) is 3. The molecule has 3 heterocycles. The molecule has 1 amide bonds.